The van der Waals surface area contributed by atoms with Crippen molar-refractivity contribution in [2.75, 3.05) is 5.32 Å². The first-order valence-electron chi connectivity index (χ1n) is 5.28. The minimum atomic E-state index is -0.772. The van der Waals surface area contributed by atoms with Gasteiger partial charge in [0.05, 0.1) is 5.69 Å². The highest BCUT2D eigenvalue weighted by Gasteiger charge is 2.07. The van der Waals surface area contributed by atoms with Crippen LogP contribution in [0.4, 0.5) is 14.5 Å². The van der Waals surface area contributed by atoms with E-state index in [0.717, 1.165) is 12.1 Å². The van der Waals surface area contributed by atoms with E-state index in [1.54, 1.807) is 6.92 Å². The Labute approximate surface area is 99.0 Å². The molecule has 1 aromatic rings. The number of amides is 1. The average molecular weight is 237 g/mol. The molecule has 0 spiro atoms. The average Bonchev–Trinajstić information content (AvgIpc) is 2.28. The molecule has 90 valence electrons. The fourth-order valence-electron chi connectivity index (χ4n) is 1.27. The highest BCUT2D eigenvalue weighted by atomic mass is 19.1. The summed E-state index contributed by atoms with van der Waals surface area (Å²) in [7, 11) is 0. The van der Waals surface area contributed by atoms with E-state index in [-0.39, 0.29) is 18.0 Å². The van der Waals surface area contributed by atoms with E-state index < -0.39 is 11.6 Å². The number of carbonyl (C=O) groups excluding carboxylic acids is 1. The third kappa shape index (κ3) is 4.64. The van der Waals surface area contributed by atoms with Crippen LogP contribution in [0.2, 0.25) is 0 Å². The second-order valence-corrected chi connectivity index (χ2v) is 3.45. The smallest absolute Gasteiger partial charge is 0.224 e. The molecule has 1 rings (SSSR count). The summed E-state index contributed by atoms with van der Waals surface area (Å²) >= 11 is 0. The number of carbonyl (C=O) groups is 1. The molecule has 0 bridgehead atoms. The van der Waals surface area contributed by atoms with Gasteiger partial charge in [0.15, 0.2) is 0 Å². The summed E-state index contributed by atoms with van der Waals surface area (Å²) in [6.07, 6.45) is 1.52. The molecule has 1 amide bonds. The standard InChI is InChI=1S/C13H13F2NO/c1-2-3-4-5-6-13(17)16-12-8-7-10(14)9-11(12)15/h7-9H,4-6H2,1H3,(H,16,17). The van der Waals surface area contributed by atoms with Crippen LogP contribution in [0.25, 0.3) is 0 Å². The molecular weight excluding hydrogens is 224 g/mol. The molecule has 0 aromatic heterocycles. The lowest BCUT2D eigenvalue weighted by Crippen LogP contribution is -2.12. The van der Waals surface area contributed by atoms with Crippen LogP contribution in [-0.4, -0.2) is 5.91 Å². The van der Waals surface area contributed by atoms with E-state index in [0.29, 0.717) is 12.8 Å². The van der Waals surface area contributed by atoms with Crippen molar-refractivity contribution >= 4 is 11.6 Å². The molecule has 17 heavy (non-hydrogen) atoms. The van der Waals surface area contributed by atoms with Crippen molar-refractivity contribution in [2.24, 2.45) is 0 Å². The van der Waals surface area contributed by atoms with Crippen molar-refractivity contribution in [3.8, 4) is 11.8 Å². The Balaban J connectivity index is 2.47. The Hall–Kier alpha value is -1.89. The molecule has 0 aliphatic carbocycles. The maximum Gasteiger partial charge on any atom is 0.224 e. The molecule has 0 fully saturated rings. The minimum absolute atomic E-state index is 0.00187. The van der Waals surface area contributed by atoms with E-state index in [1.165, 1.54) is 6.07 Å². The lowest BCUT2D eigenvalue weighted by Gasteiger charge is -2.05. The Morgan fingerprint density at radius 2 is 2.18 bits per heavy atom. The van der Waals surface area contributed by atoms with Crippen LogP contribution in [0.15, 0.2) is 18.2 Å². The first kappa shape index (κ1) is 13.2. The quantitative estimate of drug-likeness (QED) is 0.632. The molecule has 0 saturated heterocycles. The summed E-state index contributed by atoms with van der Waals surface area (Å²) in [5, 5.41) is 2.39. The zero-order valence-electron chi connectivity index (χ0n) is 9.52. The van der Waals surface area contributed by atoms with Crippen LogP contribution in [0, 0.1) is 23.5 Å². The van der Waals surface area contributed by atoms with Gasteiger partial charge in [0.25, 0.3) is 0 Å². The number of anilines is 1. The number of hydrogen-bond acceptors (Lipinski definition) is 1. The van der Waals surface area contributed by atoms with Gasteiger partial charge in [-0.15, -0.1) is 11.8 Å². The molecular formula is C13H13F2NO. The van der Waals surface area contributed by atoms with Crippen LogP contribution in [0.3, 0.4) is 0 Å². The number of halogens is 2. The zero-order chi connectivity index (χ0) is 12.7. The topological polar surface area (TPSA) is 29.1 Å². The Morgan fingerprint density at radius 1 is 1.41 bits per heavy atom. The molecule has 1 N–H and O–H groups in total. The van der Waals surface area contributed by atoms with Crippen LogP contribution in [0.1, 0.15) is 26.2 Å². The van der Waals surface area contributed by atoms with Gasteiger partial charge in [-0.1, -0.05) is 0 Å². The molecule has 4 heteroatoms. The van der Waals surface area contributed by atoms with Gasteiger partial charge in [0, 0.05) is 18.9 Å². The maximum absolute atomic E-state index is 13.2. The SMILES string of the molecule is CC#CCCCC(=O)Nc1ccc(F)cc1F. The number of hydrogen-bond donors (Lipinski definition) is 1. The molecule has 0 aliphatic rings. The number of rotatable bonds is 4. The van der Waals surface area contributed by atoms with E-state index in [2.05, 4.69) is 17.2 Å². The highest BCUT2D eigenvalue weighted by molar-refractivity contribution is 5.90. The zero-order valence-corrected chi connectivity index (χ0v) is 9.52. The molecule has 1 aromatic carbocycles. The molecule has 0 atom stereocenters. The van der Waals surface area contributed by atoms with Crippen LogP contribution < -0.4 is 5.32 Å². The Bertz CT molecular complexity index is 460. The van der Waals surface area contributed by atoms with Gasteiger partial charge in [0.2, 0.25) is 5.91 Å². The van der Waals surface area contributed by atoms with E-state index in [1.807, 2.05) is 0 Å². The van der Waals surface area contributed by atoms with Gasteiger partial charge in [-0.05, 0) is 25.5 Å². The van der Waals surface area contributed by atoms with Crippen LogP contribution in [0.5, 0.6) is 0 Å². The van der Waals surface area contributed by atoms with Crippen molar-refractivity contribution in [1.82, 2.24) is 0 Å². The molecule has 0 saturated carbocycles. The van der Waals surface area contributed by atoms with Gasteiger partial charge in [-0.25, -0.2) is 8.78 Å². The van der Waals surface area contributed by atoms with Gasteiger partial charge < -0.3 is 5.32 Å². The third-order valence-corrected chi connectivity index (χ3v) is 2.09. The second kappa shape index (κ2) is 6.64. The lowest BCUT2D eigenvalue weighted by atomic mass is 10.2. The van der Waals surface area contributed by atoms with E-state index in [9.17, 15) is 13.6 Å². The van der Waals surface area contributed by atoms with Crippen LogP contribution >= 0.6 is 0 Å². The normalized spacial score (nSPS) is 9.35. The van der Waals surface area contributed by atoms with Crippen molar-refractivity contribution in [3.05, 3.63) is 29.8 Å². The van der Waals surface area contributed by atoms with Crippen molar-refractivity contribution in [2.45, 2.75) is 26.2 Å². The van der Waals surface area contributed by atoms with Gasteiger partial charge in [-0.2, -0.15) is 0 Å². The van der Waals surface area contributed by atoms with Crippen molar-refractivity contribution in [3.63, 3.8) is 0 Å². The third-order valence-electron chi connectivity index (χ3n) is 2.09. The summed E-state index contributed by atoms with van der Waals surface area (Å²) in [6.45, 7) is 1.73. The summed E-state index contributed by atoms with van der Waals surface area (Å²) in [6, 6.07) is 3.04. The van der Waals surface area contributed by atoms with Gasteiger partial charge in [-0.3, -0.25) is 4.79 Å². The van der Waals surface area contributed by atoms with Gasteiger partial charge >= 0.3 is 0 Å². The molecule has 0 heterocycles. The summed E-state index contributed by atoms with van der Waals surface area (Å²) in [5.74, 6) is 3.82. The number of benzene rings is 1. The van der Waals surface area contributed by atoms with Gasteiger partial charge in [0.1, 0.15) is 11.6 Å². The van der Waals surface area contributed by atoms with E-state index in [4.69, 9.17) is 0 Å². The maximum atomic E-state index is 13.2. The van der Waals surface area contributed by atoms with Crippen molar-refractivity contribution in [1.29, 1.82) is 0 Å². The fraction of sp³-hybridized carbons (Fsp3) is 0.308. The second-order valence-electron chi connectivity index (χ2n) is 3.45. The predicted octanol–water partition coefficient (Wildman–Crippen LogP) is 3.10. The first-order valence-corrected chi connectivity index (χ1v) is 5.28. The molecule has 0 aliphatic heterocycles. The van der Waals surface area contributed by atoms with Crippen molar-refractivity contribution < 1.29 is 13.6 Å². The Morgan fingerprint density at radius 3 is 2.82 bits per heavy atom. The molecule has 0 unspecified atom stereocenters. The summed E-state index contributed by atoms with van der Waals surface area (Å²) < 4.78 is 25.8. The Kier molecular flexibility index (Phi) is 5.15. The highest BCUT2D eigenvalue weighted by Crippen LogP contribution is 2.15. The lowest BCUT2D eigenvalue weighted by molar-refractivity contribution is -0.116. The summed E-state index contributed by atoms with van der Waals surface area (Å²) in [5.41, 5.74) is -0.00187. The number of unbranched alkanes of at least 4 members (excludes halogenated alkanes) is 1. The monoisotopic (exact) mass is 237 g/mol. The number of nitrogens with one attached hydrogen (secondary N) is 1. The molecule has 0 radical (unpaired) electrons. The van der Waals surface area contributed by atoms with E-state index >= 15 is 0 Å². The predicted molar refractivity (Wildman–Crippen MR) is 62.3 cm³/mol. The fourth-order valence-corrected chi connectivity index (χ4v) is 1.27. The minimum Gasteiger partial charge on any atom is -0.324 e. The van der Waals surface area contributed by atoms with Crippen LogP contribution in [-0.2, 0) is 4.79 Å². The summed E-state index contributed by atoms with van der Waals surface area (Å²) in [4.78, 5) is 11.4. The first-order chi connectivity index (χ1) is 8.13. The largest absolute Gasteiger partial charge is 0.324 e. The molecule has 2 nitrogen and oxygen atoms in total.